The summed E-state index contributed by atoms with van der Waals surface area (Å²) in [7, 11) is 1.60. The van der Waals surface area contributed by atoms with Crippen LogP contribution in [0.4, 0.5) is 10.5 Å². The highest BCUT2D eigenvalue weighted by Crippen LogP contribution is 2.30. The monoisotopic (exact) mass is 389 g/mol. The average Bonchev–Trinajstić information content (AvgIpc) is 2.74. The van der Waals surface area contributed by atoms with Crippen LogP contribution in [-0.4, -0.2) is 33.2 Å². The van der Waals surface area contributed by atoms with E-state index >= 15 is 0 Å². The molecule has 0 aliphatic rings. The number of pyridine rings is 1. The molecule has 120 valence electrons. The number of ether oxygens (including phenoxy) is 1. The molecule has 1 N–H and O–H groups in total. The Morgan fingerprint density at radius 1 is 1.50 bits per heavy atom. The van der Waals surface area contributed by atoms with Crippen LogP contribution in [0.15, 0.2) is 16.7 Å². The quantitative estimate of drug-likeness (QED) is 0.795. The number of aliphatic hydroxyl groups excluding tert-OH is 1. The summed E-state index contributed by atoms with van der Waals surface area (Å²) < 4.78 is 7.63. The van der Waals surface area contributed by atoms with Gasteiger partial charge in [0.05, 0.1) is 16.9 Å². The second-order valence-electron chi connectivity index (χ2n) is 5.75. The molecular weight excluding hydrogens is 374 g/mol. The van der Waals surface area contributed by atoms with Crippen LogP contribution in [0.5, 0.6) is 0 Å². The summed E-state index contributed by atoms with van der Waals surface area (Å²) >= 11 is 9.58. The van der Waals surface area contributed by atoms with Crippen LogP contribution >= 0.6 is 27.5 Å². The first-order valence-corrected chi connectivity index (χ1v) is 7.75. The molecule has 0 spiro atoms. The number of fused-ring (bicyclic) bond motifs is 1. The number of nitrogens with zero attached hydrogens (tertiary/aromatic N) is 3. The van der Waals surface area contributed by atoms with Crippen LogP contribution in [0.1, 0.15) is 26.5 Å². The van der Waals surface area contributed by atoms with Crippen LogP contribution in [0, 0.1) is 0 Å². The van der Waals surface area contributed by atoms with Gasteiger partial charge in [0.15, 0.2) is 5.65 Å². The smallest absolute Gasteiger partial charge is 0.414 e. The fraction of sp³-hybridized carbons (Fsp3) is 0.429. The van der Waals surface area contributed by atoms with E-state index in [0.717, 1.165) is 0 Å². The molecule has 8 heteroatoms. The molecule has 0 atom stereocenters. The summed E-state index contributed by atoms with van der Waals surface area (Å²) in [4.78, 5) is 17.9. The third-order valence-electron chi connectivity index (χ3n) is 2.89. The molecule has 6 nitrogen and oxygen atoms in total. The highest BCUT2D eigenvalue weighted by Gasteiger charge is 2.24. The molecule has 2 aromatic heterocycles. The highest BCUT2D eigenvalue weighted by atomic mass is 79.9. The van der Waals surface area contributed by atoms with E-state index in [9.17, 15) is 9.90 Å². The maximum atomic E-state index is 12.2. The average molecular weight is 391 g/mol. The maximum Gasteiger partial charge on any atom is 0.414 e. The lowest BCUT2D eigenvalue weighted by atomic mass is 10.2. The number of halogens is 2. The Balaban J connectivity index is 2.52. The van der Waals surface area contributed by atoms with E-state index in [4.69, 9.17) is 16.3 Å². The SMILES string of the molecule is CN(C(=O)OC(C)(C)C)c1ccc(Br)n2c(Cl)c(CO)nc12. The Kier molecular flexibility index (Phi) is 4.70. The van der Waals surface area contributed by atoms with Crippen molar-refractivity contribution in [3.8, 4) is 0 Å². The third kappa shape index (κ3) is 3.21. The van der Waals surface area contributed by atoms with Crippen molar-refractivity contribution in [1.29, 1.82) is 0 Å². The second kappa shape index (κ2) is 6.06. The number of imidazole rings is 1. The highest BCUT2D eigenvalue weighted by molar-refractivity contribution is 9.10. The van der Waals surface area contributed by atoms with Gasteiger partial charge in [-0.05, 0) is 48.8 Å². The first-order valence-electron chi connectivity index (χ1n) is 6.58. The molecule has 0 fully saturated rings. The van der Waals surface area contributed by atoms with E-state index in [2.05, 4.69) is 20.9 Å². The lowest BCUT2D eigenvalue weighted by molar-refractivity contribution is 0.0589. The van der Waals surface area contributed by atoms with Crippen molar-refractivity contribution in [3.63, 3.8) is 0 Å². The van der Waals surface area contributed by atoms with Crippen LogP contribution < -0.4 is 4.90 Å². The Morgan fingerprint density at radius 3 is 2.68 bits per heavy atom. The van der Waals surface area contributed by atoms with E-state index in [1.807, 2.05) is 0 Å². The summed E-state index contributed by atoms with van der Waals surface area (Å²) in [5, 5.41) is 9.62. The molecule has 0 saturated carbocycles. The predicted molar refractivity (Wildman–Crippen MR) is 88.5 cm³/mol. The summed E-state index contributed by atoms with van der Waals surface area (Å²) in [6.07, 6.45) is -0.499. The molecule has 2 rings (SSSR count). The van der Waals surface area contributed by atoms with Gasteiger partial charge in [0.25, 0.3) is 0 Å². The molecule has 0 saturated heterocycles. The Morgan fingerprint density at radius 2 is 2.14 bits per heavy atom. The first kappa shape index (κ1) is 17.1. The molecule has 2 heterocycles. The summed E-state index contributed by atoms with van der Waals surface area (Å²) in [6.45, 7) is 5.10. The van der Waals surface area contributed by atoms with Crippen molar-refractivity contribution >= 4 is 45.0 Å². The minimum absolute atomic E-state index is 0.289. The standard InChI is InChI=1S/C14H17BrClN3O3/c1-14(2,3)22-13(21)18(4)9-5-6-10(15)19-11(16)8(7-20)17-12(9)19/h5-6,20H,7H2,1-4H3. The van der Waals surface area contributed by atoms with Gasteiger partial charge in [0, 0.05) is 7.05 Å². The van der Waals surface area contributed by atoms with Crippen LogP contribution in [0.2, 0.25) is 5.15 Å². The topological polar surface area (TPSA) is 67.1 Å². The van der Waals surface area contributed by atoms with E-state index in [-0.39, 0.29) is 6.61 Å². The van der Waals surface area contributed by atoms with Crippen LogP contribution in [0.25, 0.3) is 5.65 Å². The number of hydrogen-bond acceptors (Lipinski definition) is 4. The fourth-order valence-corrected chi connectivity index (χ4v) is 2.75. The maximum absolute atomic E-state index is 12.2. The minimum atomic E-state index is -0.597. The van der Waals surface area contributed by atoms with Crippen molar-refractivity contribution in [3.05, 3.63) is 27.6 Å². The van der Waals surface area contributed by atoms with E-state index in [0.29, 0.717) is 26.8 Å². The van der Waals surface area contributed by atoms with E-state index in [1.54, 1.807) is 44.4 Å². The molecule has 0 bridgehead atoms. The van der Waals surface area contributed by atoms with Gasteiger partial charge in [-0.25, -0.2) is 9.78 Å². The normalized spacial score (nSPS) is 11.8. The summed E-state index contributed by atoms with van der Waals surface area (Å²) in [5.41, 5.74) is 0.726. The van der Waals surface area contributed by atoms with E-state index < -0.39 is 11.7 Å². The number of hydrogen-bond donors (Lipinski definition) is 1. The first-order chi connectivity index (χ1) is 10.2. The second-order valence-corrected chi connectivity index (χ2v) is 6.92. The zero-order chi connectivity index (χ0) is 16.7. The summed E-state index contributed by atoms with van der Waals surface area (Å²) in [5.74, 6) is 0. The van der Waals surface area contributed by atoms with Crippen LogP contribution in [0.3, 0.4) is 0 Å². The Labute approximate surface area is 141 Å². The van der Waals surface area contributed by atoms with Gasteiger partial charge in [0.2, 0.25) is 0 Å². The van der Waals surface area contributed by atoms with Gasteiger partial charge in [-0.1, -0.05) is 11.6 Å². The Bertz CT molecular complexity index is 724. The number of aromatic nitrogens is 2. The minimum Gasteiger partial charge on any atom is -0.443 e. The van der Waals surface area contributed by atoms with Gasteiger partial charge in [-0.3, -0.25) is 9.30 Å². The molecule has 0 unspecified atom stereocenters. The van der Waals surface area contributed by atoms with E-state index in [1.165, 1.54) is 4.90 Å². The molecule has 0 aromatic carbocycles. The molecular formula is C14H17BrClN3O3. The largest absolute Gasteiger partial charge is 0.443 e. The number of carbonyl (C=O) groups excluding carboxylic acids is 1. The summed E-state index contributed by atoms with van der Waals surface area (Å²) in [6, 6.07) is 3.48. The molecule has 2 aromatic rings. The molecule has 1 amide bonds. The van der Waals surface area contributed by atoms with Crippen molar-refractivity contribution in [2.45, 2.75) is 33.0 Å². The Hall–Kier alpha value is -1.31. The van der Waals surface area contributed by atoms with Crippen molar-refractivity contribution in [1.82, 2.24) is 9.38 Å². The lowest BCUT2D eigenvalue weighted by Crippen LogP contribution is -2.34. The van der Waals surface area contributed by atoms with Gasteiger partial charge in [-0.15, -0.1) is 0 Å². The van der Waals surface area contributed by atoms with Crippen LogP contribution in [-0.2, 0) is 11.3 Å². The van der Waals surface area contributed by atoms with Gasteiger partial charge in [-0.2, -0.15) is 0 Å². The van der Waals surface area contributed by atoms with Gasteiger partial charge in [0.1, 0.15) is 16.4 Å². The van der Waals surface area contributed by atoms with Crippen molar-refractivity contribution in [2.75, 3.05) is 11.9 Å². The lowest BCUT2D eigenvalue weighted by Gasteiger charge is -2.25. The van der Waals surface area contributed by atoms with Gasteiger partial charge >= 0.3 is 6.09 Å². The number of aliphatic hydroxyl groups is 1. The molecule has 22 heavy (non-hydrogen) atoms. The third-order valence-corrected chi connectivity index (χ3v) is 3.89. The number of rotatable bonds is 2. The molecule has 0 aliphatic heterocycles. The fourth-order valence-electron chi connectivity index (χ4n) is 1.90. The van der Waals surface area contributed by atoms with Crippen molar-refractivity contribution < 1.29 is 14.6 Å². The number of carbonyl (C=O) groups is 1. The molecule has 0 aliphatic carbocycles. The molecule has 0 radical (unpaired) electrons. The predicted octanol–water partition coefficient (Wildman–Crippen LogP) is 3.61. The zero-order valence-corrected chi connectivity index (χ0v) is 15.1. The zero-order valence-electron chi connectivity index (χ0n) is 12.7. The van der Waals surface area contributed by atoms with Gasteiger partial charge < -0.3 is 9.84 Å². The number of anilines is 1. The van der Waals surface area contributed by atoms with Crippen molar-refractivity contribution in [2.24, 2.45) is 0 Å². The number of amides is 1.